The molecule has 0 amide bonds. The Kier molecular flexibility index (Phi) is 3.13. The first kappa shape index (κ1) is 11.1. The van der Waals surface area contributed by atoms with E-state index < -0.39 is 0 Å². The van der Waals surface area contributed by atoms with Crippen molar-refractivity contribution >= 4 is 28.9 Å². The van der Waals surface area contributed by atoms with Crippen molar-refractivity contribution in [2.24, 2.45) is 0 Å². The zero-order valence-electron chi connectivity index (χ0n) is 9.06. The van der Waals surface area contributed by atoms with E-state index in [1.165, 1.54) is 11.3 Å². The third kappa shape index (κ3) is 1.95. The molecule has 1 atom stereocenters. The molecule has 1 unspecified atom stereocenters. The van der Waals surface area contributed by atoms with Crippen LogP contribution in [0.2, 0.25) is 10.0 Å². The van der Waals surface area contributed by atoms with E-state index in [9.17, 15) is 0 Å². The summed E-state index contributed by atoms with van der Waals surface area (Å²) in [7, 11) is 0. The highest BCUT2D eigenvalue weighted by Crippen LogP contribution is 2.36. The van der Waals surface area contributed by atoms with Gasteiger partial charge < -0.3 is 4.90 Å². The lowest BCUT2D eigenvalue weighted by atomic mass is 10.1. The maximum atomic E-state index is 6.05. The number of rotatable bonds is 2. The van der Waals surface area contributed by atoms with E-state index in [1.807, 2.05) is 12.1 Å². The molecule has 3 heteroatoms. The number of anilines is 1. The van der Waals surface area contributed by atoms with Crippen LogP contribution in [0.25, 0.3) is 0 Å². The van der Waals surface area contributed by atoms with Crippen LogP contribution in [0.5, 0.6) is 0 Å². The normalized spacial score (nSPS) is 16.7. The molecule has 1 nitrogen and oxygen atoms in total. The quantitative estimate of drug-likeness (QED) is 0.755. The number of benzene rings is 1. The molecule has 15 heavy (non-hydrogen) atoms. The van der Waals surface area contributed by atoms with Crippen molar-refractivity contribution in [3.63, 3.8) is 0 Å². The van der Waals surface area contributed by atoms with E-state index in [1.54, 1.807) is 0 Å². The highest BCUT2D eigenvalue weighted by molar-refractivity contribution is 6.42. The number of hydrogen-bond donors (Lipinski definition) is 0. The molecule has 2 rings (SSSR count). The van der Waals surface area contributed by atoms with Crippen LogP contribution in [0.15, 0.2) is 12.1 Å². The fraction of sp³-hybridized carbons (Fsp3) is 0.500. The first-order chi connectivity index (χ1) is 7.13. The number of hydrogen-bond acceptors (Lipinski definition) is 1. The van der Waals surface area contributed by atoms with Crippen molar-refractivity contribution < 1.29 is 0 Å². The summed E-state index contributed by atoms with van der Waals surface area (Å²) < 4.78 is 0. The fourth-order valence-electron chi connectivity index (χ4n) is 2.08. The zero-order chi connectivity index (χ0) is 11.0. The molecule has 0 spiro atoms. The van der Waals surface area contributed by atoms with Crippen LogP contribution in [0.3, 0.4) is 0 Å². The van der Waals surface area contributed by atoms with Gasteiger partial charge in [0.2, 0.25) is 0 Å². The summed E-state index contributed by atoms with van der Waals surface area (Å²) in [5.41, 5.74) is 2.59. The molecule has 0 N–H and O–H groups in total. The molecule has 0 aliphatic carbocycles. The van der Waals surface area contributed by atoms with Gasteiger partial charge in [-0.1, -0.05) is 30.1 Å². The first-order valence-electron chi connectivity index (χ1n) is 5.38. The second-order valence-electron chi connectivity index (χ2n) is 4.10. The average Bonchev–Trinajstić information content (AvgIpc) is 2.61. The summed E-state index contributed by atoms with van der Waals surface area (Å²) in [6.07, 6.45) is 2.23. The lowest BCUT2D eigenvalue weighted by Crippen LogP contribution is -2.30. The lowest BCUT2D eigenvalue weighted by molar-refractivity contribution is 0.635. The maximum Gasteiger partial charge on any atom is 0.0613 e. The number of fused-ring (bicyclic) bond motifs is 1. The van der Waals surface area contributed by atoms with Crippen LogP contribution < -0.4 is 4.90 Å². The number of nitrogens with zero attached hydrogens (tertiary/aromatic N) is 1. The summed E-state index contributed by atoms with van der Waals surface area (Å²) >= 11 is 12.0. The van der Waals surface area contributed by atoms with Crippen molar-refractivity contribution in [3.05, 3.63) is 27.7 Å². The van der Waals surface area contributed by atoms with E-state index in [-0.39, 0.29) is 0 Å². The van der Waals surface area contributed by atoms with Gasteiger partial charge in [0, 0.05) is 18.3 Å². The predicted octanol–water partition coefficient (Wildman–Crippen LogP) is 4.15. The van der Waals surface area contributed by atoms with E-state index in [0.29, 0.717) is 16.1 Å². The molecule has 1 aromatic rings. The summed E-state index contributed by atoms with van der Waals surface area (Å²) in [6, 6.07) is 4.57. The summed E-state index contributed by atoms with van der Waals surface area (Å²) in [5, 5.41) is 1.33. The van der Waals surface area contributed by atoms with E-state index in [4.69, 9.17) is 23.2 Å². The molecule has 0 fully saturated rings. The van der Waals surface area contributed by atoms with Gasteiger partial charge in [-0.2, -0.15) is 0 Å². The highest BCUT2D eigenvalue weighted by Gasteiger charge is 2.23. The largest absolute Gasteiger partial charge is 0.368 e. The Morgan fingerprint density at radius 3 is 2.67 bits per heavy atom. The van der Waals surface area contributed by atoms with Crippen molar-refractivity contribution in [3.8, 4) is 0 Å². The Morgan fingerprint density at radius 2 is 2.00 bits per heavy atom. The summed E-state index contributed by atoms with van der Waals surface area (Å²) in [6.45, 7) is 5.54. The van der Waals surface area contributed by atoms with Crippen molar-refractivity contribution in [2.45, 2.75) is 32.7 Å². The number of halogens is 2. The molecular weight excluding hydrogens is 229 g/mol. The van der Waals surface area contributed by atoms with Gasteiger partial charge in [-0.15, -0.1) is 0 Å². The molecule has 0 saturated carbocycles. The minimum Gasteiger partial charge on any atom is -0.368 e. The Labute approximate surface area is 101 Å². The highest BCUT2D eigenvalue weighted by atomic mass is 35.5. The van der Waals surface area contributed by atoms with Crippen LogP contribution in [-0.2, 0) is 6.42 Å². The van der Waals surface area contributed by atoms with Crippen molar-refractivity contribution in [1.29, 1.82) is 0 Å². The van der Waals surface area contributed by atoms with Crippen molar-refractivity contribution in [2.75, 3.05) is 11.4 Å². The van der Waals surface area contributed by atoms with Gasteiger partial charge in [0.25, 0.3) is 0 Å². The standard InChI is InChI=1S/C12H15Cl2N/c1-3-8(2)15-5-4-9-6-10(13)11(14)7-12(9)15/h6-8H,3-5H2,1-2H3. The molecule has 1 aromatic carbocycles. The van der Waals surface area contributed by atoms with Crippen LogP contribution in [0.4, 0.5) is 5.69 Å². The van der Waals surface area contributed by atoms with E-state index in [0.717, 1.165) is 19.4 Å². The molecule has 0 aromatic heterocycles. The van der Waals surface area contributed by atoms with Gasteiger partial charge in [-0.25, -0.2) is 0 Å². The van der Waals surface area contributed by atoms with E-state index >= 15 is 0 Å². The fourth-order valence-corrected chi connectivity index (χ4v) is 2.43. The van der Waals surface area contributed by atoms with Crippen LogP contribution in [0, 0.1) is 0 Å². The zero-order valence-corrected chi connectivity index (χ0v) is 10.6. The Hall–Kier alpha value is -0.400. The molecule has 1 heterocycles. The Morgan fingerprint density at radius 1 is 1.33 bits per heavy atom. The SMILES string of the molecule is CCC(C)N1CCc2cc(Cl)c(Cl)cc21. The maximum absolute atomic E-state index is 6.05. The van der Waals surface area contributed by atoms with Crippen LogP contribution >= 0.6 is 23.2 Å². The van der Waals surface area contributed by atoms with Gasteiger partial charge in [-0.05, 0) is 37.5 Å². The van der Waals surface area contributed by atoms with Crippen LogP contribution in [0.1, 0.15) is 25.8 Å². The summed E-state index contributed by atoms with van der Waals surface area (Å²) in [4.78, 5) is 2.41. The first-order valence-corrected chi connectivity index (χ1v) is 6.13. The van der Waals surface area contributed by atoms with Crippen LogP contribution in [-0.4, -0.2) is 12.6 Å². The third-order valence-electron chi connectivity index (χ3n) is 3.18. The monoisotopic (exact) mass is 243 g/mol. The van der Waals surface area contributed by atoms with Gasteiger partial charge in [-0.3, -0.25) is 0 Å². The average molecular weight is 244 g/mol. The molecule has 0 radical (unpaired) electrons. The van der Waals surface area contributed by atoms with Gasteiger partial charge in [0.1, 0.15) is 0 Å². The second-order valence-corrected chi connectivity index (χ2v) is 4.91. The molecule has 0 saturated heterocycles. The Balaban J connectivity index is 2.38. The predicted molar refractivity (Wildman–Crippen MR) is 67.3 cm³/mol. The minimum atomic E-state index is 0.573. The van der Waals surface area contributed by atoms with Gasteiger partial charge >= 0.3 is 0 Å². The molecule has 0 bridgehead atoms. The summed E-state index contributed by atoms with van der Waals surface area (Å²) in [5.74, 6) is 0. The van der Waals surface area contributed by atoms with Gasteiger partial charge in [0.15, 0.2) is 0 Å². The van der Waals surface area contributed by atoms with Gasteiger partial charge in [0.05, 0.1) is 10.0 Å². The minimum absolute atomic E-state index is 0.573. The molecular formula is C12H15Cl2N. The lowest BCUT2D eigenvalue weighted by Gasteiger charge is -2.26. The topological polar surface area (TPSA) is 3.24 Å². The molecule has 1 aliphatic heterocycles. The second kappa shape index (κ2) is 4.23. The molecule has 82 valence electrons. The smallest absolute Gasteiger partial charge is 0.0613 e. The van der Waals surface area contributed by atoms with E-state index in [2.05, 4.69) is 18.7 Å². The molecule has 1 aliphatic rings. The van der Waals surface area contributed by atoms with Crippen molar-refractivity contribution in [1.82, 2.24) is 0 Å². The Bertz CT molecular complexity index is 376. The third-order valence-corrected chi connectivity index (χ3v) is 3.90.